The first kappa shape index (κ1) is 24.1. The lowest BCUT2D eigenvalue weighted by molar-refractivity contribution is -0.137. The number of anilines is 2. The van der Waals surface area contributed by atoms with Crippen molar-refractivity contribution in [1.29, 1.82) is 0 Å². The maximum absolute atomic E-state index is 13.6. The summed E-state index contributed by atoms with van der Waals surface area (Å²) in [6.45, 7) is 2.31. The number of amides is 2. The molecule has 0 saturated carbocycles. The highest BCUT2D eigenvalue weighted by molar-refractivity contribution is 6.30. The van der Waals surface area contributed by atoms with Crippen molar-refractivity contribution in [3.63, 3.8) is 0 Å². The van der Waals surface area contributed by atoms with Gasteiger partial charge in [-0.25, -0.2) is 9.96 Å². The van der Waals surface area contributed by atoms with Gasteiger partial charge in [0.05, 0.1) is 29.6 Å². The van der Waals surface area contributed by atoms with Crippen LogP contribution in [0.4, 0.5) is 24.5 Å². The molecule has 3 atom stereocenters. The summed E-state index contributed by atoms with van der Waals surface area (Å²) >= 11 is 6.00. The van der Waals surface area contributed by atoms with Gasteiger partial charge in [0.25, 0.3) is 5.91 Å². The standard InChI is InChI=1S/C26H20ClF3N2O4/c1-2-35-20-13-11-18(12-14-20)31-24(33)21-22(15-3-5-16(6-4-15)26(28,29)30)32(36-23(21)25(31)34)19-9-7-17(27)8-10-19/h3-14,21-23H,2H2,1H3/t21-,22-,23-/m1/s1. The first-order valence-corrected chi connectivity index (χ1v) is 11.6. The van der Waals surface area contributed by atoms with Crippen LogP contribution in [0.5, 0.6) is 5.75 Å². The number of fused-ring (bicyclic) bond motifs is 1. The molecule has 3 aromatic rings. The number of halogens is 4. The van der Waals surface area contributed by atoms with Crippen LogP contribution in [0.2, 0.25) is 5.02 Å². The van der Waals surface area contributed by atoms with Crippen LogP contribution in [0.25, 0.3) is 0 Å². The van der Waals surface area contributed by atoms with Crippen molar-refractivity contribution in [2.24, 2.45) is 5.92 Å². The van der Waals surface area contributed by atoms with Crippen LogP contribution < -0.4 is 14.7 Å². The molecule has 2 aliphatic rings. The molecular weight excluding hydrogens is 497 g/mol. The Morgan fingerprint density at radius 3 is 2.08 bits per heavy atom. The van der Waals surface area contributed by atoms with Gasteiger partial charge in [-0.05, 0) is 73.2 Å². The fraction of sp³-hybridized carbons (Fsp3) is 0.231. The second-order valence-electron chi connectivity index (χ2n) is 8.36. The van der Waals surface area contributed by atoms with Crippen molar-refractivity contribution in [2.75, 3.05) is 16.6 Å². The molecule has 186 valence electrons. The molecule has 2 amide bonds. The molecule has 5 rings (SSSR count). The van der Waals surface area contributed by atoms with Crippen molar-refractivity contribution >= 4 is 34.8 Å². The van der Waals surface area contributed by atoms with Gasteiger partial charge in [0, 0.05) is 5.02 Å². The SMILES string of the molecule is CCOc1ccc(N2C(=O)[C@@H]3[C@@H](c4ccc(C(F)(F)F)cc4)N(c4ccc(Cl)cc4)O[C@H]3C2=O)cc1. The van der Waals surface area contributed by atoms with Gasteiger partial charge in [-0.1, -0.05) is 23.7 Å². The molecule has 2 aliphatic heterocycles. The molecule has 10 heteroatoms. The van der Waals surface area contributed by atoms with E-state index in [0.29, 0.717) is 34.3 Å². The van der Waals surface area contributed by atoms with E-state index >= 15 is 0 Å². The minimum absolute atomic E-state index is 0.357. The fourth-order valence-corrected chi connectivity index (χ4v) is 4.67. The summed E-state index contributed by atoms with van der Waals surface area (Å²) in [5.74, 6) is -1.44. The van der Waals surface area contributed by atoms with E-state index in [4.69, 9.17) is 21.2 Å². The van der Waals surface area contributed by atoms with Crippen LogP contribution in [-0.2, 0) is 20.6 Å². The highest BCUT2D eigenvalue weighted by atomic mass is 35.5. The van der Waals surface area contributed by atoms with E-state index in [9.17, 15) is 22.8 Å². The minimum Gasteiger partial charge on any atom is -0.494 e. The van der Waals surface area contributed by atoms with Crippen LogP contribution in [0, 0.1) is 5.92 Å². The lowest BCUT2D eigenvalue weighted by Gasteiger charge is -2.29. The zero-order valence-corrected chi connectivity index (χ0v) is 19.7. The van der Waals surface area contributed by atoms with Crippen LogP contribution in [0.1, 0.15) is 24.1 Å². The number of ether oxygens (including phenoxy) is 1. The molecule has 0 N–H and O–H groups in total. The van der Waals surface area contributed by atoms with E-state index in [2.05, 4.69) is 0 Å². The summed E-state index contributed by atoms with van der Waals surface area (Å²) in [6, 6.07) is 16.7. The first-order chi connectivity index (χ1) is 17.2. The second kappa shape index (κ2) is 9.15. The monoisotopic (exact) mass is 516 g/mol. The van der Waals surface area contributed by atoms with Crippen molar-refractivity contribution in [3.8, 4) is 5.75 Å². The molecule has 0 spiro atoms. The molecule has 36 heavy (non-hydrogen) atoms. The molecule has 2 heterocycles. The third kappa shape index (κ3) is 4.18. The molecule has 2 saturated heterocycles. The van der Waals surface area contributed by atoms with Crippen molar-refractivity contribution < 1.29 is 32.3 Å². The zero-order chi connectivity index (χ0) is 25.6. The highest BCUT2D eigenvalue weighted by Crippen LogP contribution is 2.48. The van der Waals surface area contributed by atoms with E-state index < -0.39 is 41.6 Å². The number of carbonyl (C=O) groups excluding carboxylic acids is 2. The molecule has 2 fully saturated rings. The summed E-state index contributed by atoms with van der Waals surface area (Å²) < 4.78 is 44.9. The average molecular weight is 517 g/mol. The number of hydrogen-bond acceptors (Lipinski definition) is 5. The molecule has 3 aromatic carbocycles. The number of benzene rings is 3. The normalized spacial score (nSPS) is 21.8. The lowest BCUT2D eigenvalue weighted by Crippen LogP contribution is -2.37. The van der Waals surface area contributed by atoms with Gasteiger partial charge < -0.3 is 4.74 Å². The molecule has 0 radical (unpaired) electrons. The van der Waals surface area contributed by atoms with E-state index in [0.717, 1.165) is 17.0 Å². The number of rotatable bonds is 5. The summed E-state index contributed by atoms with van der Waals surface area (Å²) in [5.41, 5.74) is 0.451. The number of hydroxylamine groups is 1. The van der Waals surface area contributed by atoms with E-state index in [-0.39, 0.29) is 0 Å². The van der Waals surface area contributed by atoms with Crippen molar-refractivity contribution in [1.82, 2.24) is 0 Å². The highest BCUT2D eigenvalue weighted by Gasteiger charge is 2.60. The van der Waals surface area contributed by atoms with Gasteiger partial charge in [-0.3, -0.25) is 14.4 Å². The Balaban J connectivity index is 1.53. The van der Waals surface area contributed by atoms with E-state index in [1.807, 2.05) is 6.92 Å². The first-order valence-electron chi connectivity index (χ1n) is 11.2. The van der Waals surface area contributed by atoms with Gasteiger partial charge >= 0.3 is 6.18 Å². The minimum atomic E-state index is -4.51. The molecule has 0 aromatic heterocycles. The number of alkyl halides is 3. The summed E-state index contributed by atoms with van der Waals surface area (Å²) in [7, 11) is 0. The van der Waals surface area contributed by atoms with Gasteiger partial charge in [-0.15, -0.1) is 0 Å². The Hall–Kier alpha value is -3.56. The topological polar surface area (TPSA) is 59.1 Å². The number of nitrogens with zero attached hydrogens (tertiary/aromatic N) is 2. The zero-order valence-electron chi connectivity index (χ0n) is 18.9. The molecule has 0 aliphatic carbocycles. The van der Waals surface area contributed by atoms with Gasteiger partial charge in [-0.2, -0.15) is 13.2 Å². The average Bonchev–Trinajstić information content (AvgIpc) is 3.36. The number of imide groups is 1. The lowest BCUT2D eigenvalue weighted by atomic mass is 9.90. The Bertz CT molecular complexity index is 1280. The third-order valence-corrected chi connectivity index (χ3v) is 6.43. The van der Waals surface area contributed by atoms with Crippen molar-refractivity contribution in [3.05, 3.63) is 88.9 Å². The van der Waals surface area contributed by atoms with Gasteiger partial charge in [0.2, 0.25) is 5.91 Å². The second-order valence-corrected chi connectivity index (χ2v) is 8.79. The Morgan fingerprint density at radius 2 is 1.50 bits per heavy atom. The van der Waals surface area contributed by atoms with Crippen LogP contribution in [0.3, 0.4) is 0 Å². The largest absolute Gasteiger partial charge is 0.494 e. The predicted molar refractivity (Wildman–Crippen MR) is 127 cm³/mol. The summed E-state index contributed by atoms with van der Waals surface area (Å²) in [4.78, 5) is 34.0. The molecule has 6 nitrogen and oxygen atoms in total. The number of hydrogen-bond donors (Lipinski definition) is 0. The van der Waals surface area contributed by atoms with Gasteiger partial charge in [0.1, 0.15) is 11.7 Å². The maximum atomic E-state index is 13.6. The summed E-state index contributed by atoms with van der Waals surface area (Å²) in [5, 5.41) is 1.87. The Labute approximate surface area is 209 Å². The number of carbonyl (C=O) groups is 2. The summed E-state index contributed by atoms with van der Waals surface area (Å²) in [6.07, 6.45) is -5.65. The quantitative estimate of drug-likeness (QED) is 0.401. The fourth-order valence-electron chi connectivity index (χ4n) is 4.55. The van der Waals surface area contributed by atoms with Crippen molar-refractivity contribution in [2.45, 2.75) is 25.2 Å². The molecule has 0 unspecified atom stereocenters. The van der Waals surface area contributed by atoms with Gasteiger partial charge in [0.15, 0.2) is 6.10 Å². The maximum Gasteiger partial charge on any atom is 0.416 e. The van der Waals surface area contributed by atoms with Crippen LogP contribution >= 0.6 is 11.6 Å². The van der Waals surface area contributed by atoms with E-state index in [1.165, 1.54) is 17.2 Å². The smallest absolute Gasteiger partial charge is 0.416 e. The van der Waals surface area contributed by atoms with E-state index in [1.54, 1.807) is 48.5 Å². The Morgan fingerprint density at radius 1 is 0.889 bits per heavy atom. The molecular formula is C26H20ClF3N2O4. The molecule has 0 bridgehead atoms. The van der Waals surface area contributed by atoms with Crippen LogP contribution in [0.15, 0.2) is 72.8 Å². The predicted octanol–water partition coefficient (Wildman–Crippen LogP) is 5.81. The third-order valence-electron chi connectivity index (χ3n) is 6.18. The van der Waals surface area contributed by atoms with Crippen LogP contribution in [-0.4, -0.2) is 24.5 Å². The Kier molecular flexibility index (Phi) is 6.13.